The number of nitrogens with zero attached hydrogens (tertiary/aromatic N) is 1. The number of fused-ring (bicyclic) bond motifs is 3. The molecular formula is C18H20N2OS. The van der Waals surface area contributed by atoms with Crippen molar-refractivity contribution in [2.75, 3.05) is 19.6 Å². The van der Waals surface area contributed by atoms with E-state index in [9.17, 15) is 4.79 Å². The Morgan fingerprint density at radius 1 is 1.18 bits per heavy atom. The van der Waals surface area contributed by atoms with Crippen molar-refractivity contribution in [2.24, 2.45) is 11.7 Å². The Morgan fingerprint density at radius 2 is 1.91 bits per heavy atom. The number of nitrogens with two attached hydrogens (primary N) is 1. The normalized spacial score (nSPS) is 27.0. The highest BCUT2D eigenvalue weighted by atomic mass is 32.1. The van der Waals surface area contributed by atoms with Crippen LogP contribution in [-0.2, 0) is 0 Å². The van der Waals surface area contributed by atoms with Gasteiger partial charge in [0.05, 0.1) is 5.56 Å². The molecule has 1 aromatic heterocycles. The van der Waals surface area contributed by atoms with Crippen LogP contribution >= 0.6 is 11.3 Å². The average Bonchev–Trinajstić information content (AvgIpc) is 3.02. The molecule has 0 radical (unpaired) electrons. The second-order valence-corrected chi connectivity index (χ2v) is 7.45. The number of hydrogen-bond acceptors (Lipinski definition) is 3. The number of carbonyl (C=O) groups excluding carboxylic acids is 1. The predicted molar refractivity (Wildman–Crippen MR) is 90.2 cm³/mol. The molecular weight excluding hydrogens is 292 g/mol. The van der Waals surface area contributed by atoms with Crippen LogP contribution in [0.3, 0.4) is 0 Å². The molecule has 0 saturated carbocycles. The van der Waals surface area contributed by atoms with Crippen molar-refractivity contribution < 1.29 is 4.79 Å². The van der Waals surface area contributed by atoms with Crippen LogP contribution in [0.5, 0.6) is 0 Å². The highest BCUT2D eigenvalue weighted by Crippen LogP contribution is 2.44. The molecule has 4 heteroatoms. The van der Waals surface area contributed by atoms with Crippen LogP contribution in [0.25, 0.3) is 10.4 Å². The SMILES string of the molecule is NC(=O)c1cc(-c2ccccc2)sc1C1CN2CCC1CC2. The van der Waals surface area contributed by atoms with E-state index in [1.165, 1.54) is 36.4 Å². The van der Waals surface area contributed by atoms with Gasteiger partial charge in [-0.1, -0.05) is 30.3 Å². The van der Waals surface area contributed by atoms with Gasteiger partial charge in [-0.2, -0.15) is 0 Å². The summed E-state index contributed by atoms with van der Waals surface area (Å²) in [6.45, 7) is 3.51. The summed E-state index contributed by atoms with van der Waals surface area (Å²) >= 11 is 1.76. The van der Waals surface area contributed by atoms with Crippen LogP contribution in [0.4, 0.5) is 0 Å². The predicted octanol–water partition coefficient (Wildman–Crippen LogP) is 3.32. The first kappa shape index (κ1) is 14.0. The van der Waals surface area contributed by atoms with Gasteiger partial charge in [0.1, 0.15) is 0 Å². The van der Waals surface area contributed by atoms with Gasteiger partial charge >= 0.3 is 0 Å². The van der Waals surface area contributed by atoms with Crippen molar-refractivity contribution in [2.45, 2.75) is 18.8 Å². The van der Waals surface area contributed by atoms with Gasteiger partial charge in [0.15, 0.2) is 0 Å². The number of carbonyl (C=O) groups is 1. The van der Waals surface area contributed by atoms with Gasteiger partial charge in [0.2, 0.25) is 5.91 Å². The van der Waals surface area contributed by atoms with E-state index in [2.05, 4.69) is 17.0 Å². The van der Waals surface area contributed by atoms with Gasteiger partial charge in [-0.15, -0.1) is 11.3 Å². The van der Waals surface area contributed by atoms with Gasteiger partial charge in [-0.3, -0.25) is 4.79 Å². The van der Waals surface area contributed by atoms with Crippen molar-refractivity contribution in [1.82, 2.24) is 4.90 Å². The van der Waals surface area contributed by atoms with Crippen LogP contribution in [0.15, 0.2) is 36.4 Å². The number of hydrogen-bond donors (Lipinski definition) is 1. The summed E-state index contributed by atoms with van der Waals surface area (Å²) in [6, 6.07) is 12.3. The molecule has 3 nitrogen and oxygen atoms in total. The summed E-state index contributed by atoms with van der Waals surface area (Å²) in [5, 5.41) is 0. The maximum atomic E-state index is 11.9. The molecule has 3 aliphatic rings. The number of thiophene rings is 1. The molecule has 0 aliphatic carbocycles. The Kier molecular flexibility index (Phi) is 3.51. The second-order valence-electron chi connectivity index (χ2n) is 6.36. The van der Waals surface area contributed by atoms with Gasteiger partial charge < -0.3 is 10.6 Å². The number of piperidine rings is 3. The molecule has 2 N–H and O–H groups in total. The molecule has 1 atom stereocenters. The summed E-state index contributed by atoms with van der Waals surface area (Å²) in [5.41, 5.74) is 7.57. The van der Waals surface area contributed by atoms with Gasteiger partial charge in [-0.05, 0) is 43.5 Å². The first-order chi connectivity index (χ1) is 10.7. The van der Waals surface area contributed by atoms with E-state index in [-0.39, 0.29) is 5.91 Å². The van der Waals surface area contributed by atoms with E-state index in [4.69, 9.17) is 5.73 Å². The number of primary amides is 1. The van der Waals surface area contributed by atoms with E-state index >= 15 is 0 Å². The first-order valence-corrected chi connectivity index (χ1v) is 8.75. The largest absolute Gasteiger partial charge is 0.366 e. The molecule has 1 aromatic carbocycles. The quantitative estimate of drug-likeness (QED) is 0.945. The third-order valence-corrected chi connectivity index (χ3v) is 6.39. The molecule has 5 rings (SSSR count). The third kappa shape index (κ3) is 2.36. The van der Waals surface area contributed by atoms with Gasteiger partial charge in [0.25, 0.3) is 0 Å². The zero-order valence-corrected chi connectivity index (χ0v) is 13.3. The molecule has 4 heterocycles. The second kappa shape index (κ2) is 5.52. The fourth-order valence-electron chi connectivity index (χ4n) is 3.88. The molecule has 0 spiro atoms. The lowest BCUT2D eigenvalue weighted by molar-refractivity contribution is 0.0870. The molecule has 2 aromatic rings. The molecule has 114 valence electrons. The Morgan fingerprint density at radius 3 is 2.50 bits per heavy atom. The van der Waals surface area contributed by atoms with Crippen molar-refractivity contribution in [3.8, 4) is 10.4 Å². The number of benzene rings is 1. The lowest BCUT2D eigenvalue weighted by Crippen LogP contribution is -2.46. The average molecular weight is 312 g/mol. The molecule has 1 amide bonds. The fourth-order valence-corrected chi connectivity index (χ4v) is 5.24. The summed E-state index contributed by atoms with van der Waals surface area (Å²) in [4.78, 5) is 16.8. The first-order valence-electron chi connectivity index (χ1n) is 7.93. The van der Waals surface area contributed by atoms with Crippen molar-refractivity contribution in [3.05, 3.63) is 46.8 Å². The van der Waals surface area contributed by atoms with Gasteiger partial charge in [0, 0.05) is 22.2 Å². The molecule has 3 fully saturated rings. The Balaban J connectivity index is 1.75. The Bertz CT molecular complexity index is 686. The molecule has 3 aliphatic heterocycles. The minimum absolute atomic E-state index is 0.287. The van der Waals surface area contributed by atoms with E-state index < -0.39 is 0 Å². The zero-order chi connectivity index (χ0) is 15.1. The summed E-state index contributed by atoms with van der Waals surface area (Å²) in [5.74, 6) is 0.905. The molecule has 2 bridgehead atoms. The smallest absolute Gasteiger partial charge is 0.249 e. The minimum atomic E-state index is -0.287. The number of rotatable bonds is 3. The lowest BCUT2D eigenvalue weighted by atomic mass is 9.77. The van der Waals surface area contributed by atoms with E-state index in [1.807, 2.05) is 24.3 Å². The molecule has 1 unspecified atom stereocenters. The summed E-state index contributed by atoms with van der Waals surface area (Å²) in [7, 11) is 0. The fraction of sp³-hybridized carbons (Fsp3) is 0.389. The third-order valence-electron chi connectivity index (χ3n) is 5.08. The van der Waals surface area contributed by atoms with Crippen molar-refractivity contribution >= 4 is 17.2 Å². The highest BCUT2D eigenvalue weighted by Gasteiger charge is 2.37. The minimum Gasteiger partial charge on any atom is -0.366 e. The van der Waals surface area contributed by atoms with E-state index in [0.717, 1.165) is 17.0 Å². The Hall–Kier alpha value is -1.65. The number of amides is 1. The monoisotopic (exact) mass is 312 g/mol. The summed E-state index contributed by atoms with van der Waals surface area (Å²) in [6.07, 6.45) is 2.50. The highest BCUT2D eigenvalue weighted by molar-refractivity contribution is 7.16. The standard InChI is InChI=1S/C18H20N2OS/c19-18(21)14-10-16(13-4-2-1-3-5-13)22-17(14)15-11-20-8-6-12(15)7-9-20/h1-5,10,12,15H,6-9,11H2,(H2,19,21). The van der Waals surface area contributed by atoms with Crippen LogP contribution in [0, 0.1) is 5.92 Å². The van der Waals surface area contributed by atoms with Crippen LogP contribution in [-0.4, -0.2) is 30.4 Å². The van der Waals surface area contributed by atoms with E-state index in [0.29, 0.717) is 11.8 Å². The summed E-state index contributed by atoms with van der Waals surface area (Å²) < 4.78 is 0. The zero-order valence-electron chi connectivity index (χ0n) is 12.5. The van der Waals surface area contributed by atoms with Crippen LogP contribution < -0.4 is 5.73 Å². The van der Waals surface area contributed by atoms with Gasteiger partial charge in [-0.25, -0.2) is 0 Å². The topological polar surface area (TPSA) is 46.3 Å². The van der Waals surface area contributed by atoms with Crippen LogP contribution in [0.1, 0.15) is 34.0 Å². The maximum Gasteiger partial charge on any atom is 0.249 e. The van der Waals surface area contributed by atoms with E-state index in [1.54, 1.807) is 11.3 Å². The lowest BCUT2D eigenvalue weighted by Gasteiger charge is -2.44. The van der Waals surface area contributed by atoms with Crippen LogP contribution in [0.2, 0.25) is 0 Å². The van der Waals surface area contributed by atoms with Crippen molar-refractivity contribution in [3.63, 3.8) is 0 Å². The maximum absolute atomic E-state index is 11.9. The van der Waals surface area contributed by atoms with Crippen molar-refractivity contribution in [1.29, 1.82) is 0 Å². The molecule has 22 heavy (non-hydrogen) atoms. The molecule has 3 saturated heterocycles. The Labute approximate surface area is 134 Å².